The Balaban J connectivity index is 2.67. The van der Waals surface area contributed by atoms with E-state index in [1.807, 2.05) is 26.8 Å². The second-order valence-electron chi connectivity index (χ2n) is 4.27. The minimum absolute atomic E-state index is 0.0243. The highest BCUT2D eigenvalue weighted by Gasteiger charge is 2.14. The lowest BCUT2D eigenvalue weighted by molar-refractivity contribution is -0.122. The normalized spacial score (nSPS) is 12.3. The molecule has 1 rings (SSSR count). The van der Waals surface area contributed by atoms with Crippen LogP contribution in [0.4, 0.5) is 11.4 Å². The molecule has 0 saturated carbocycles. The van der Waals surface area contributed by atoms with Crippen molar-refractivity contribution >= 4 is 33.2 Å². The summed E-state index contributed by atoms with van der Waals surface area (Å²) in [7, 11) is 0. The maximum absolute atomic E-state index is 11.7. The van der Waals surface area contributed by atoms with Crippen molar-refractivity contribution in [3.8, 4) is 0 Å². The van der Waals surface area contributed by atoms with E-state index in [0.717, 1.165) is 10.2 Å². The summed E-state index contributed by atoms with van der Waals surface area (Å²) in [5.74, 6) is -0.0243. The maximum Gasteiger partial charge on any atom is 0.242 e. The standard InChI is InChI=1S/C12H18BrN3O/c1-7(2)15-12(17)8(3)16-11-5-4-9(14)6-10(11)13/h4-8,16H,14H2,1-3H3,(H,15,17). The van der Waals surface area contributed by atoms with Crippen LogP contribution in [0.25, 0.3) is 0 Å². The lowest BCUT2D eigenvalue weighted by Crippen LogP contribution is -2.41. The Hall–Kier alpha value is -1.23. The van der Waals surface area contributed by atoms with E-state index in [2.05, 4.69) is 26.6 Å². The summed E-state index contributed by atoms with van der Waals surface area (Å²) in [6, 6.07) is 5.28. The predicted octanol–water partition coefficient (Wildman–Crippen LogP) is 2.36. The van der Waals surface area contributed by atoms with E-state index in [1.54, 1.807) is 12.1 Å². The molecule has 1 amide bonds. The first-order chi connectivity index (χ1) is 7.90. The quantitative estimate of drug-likeness (QED) is 0.748. The summed E-state index contributed by atoms with van der Waals surface area (Å²) in [6.45, 7) is 5.69. The highest BCUT2D eigenvalue weighted by molar-refractivity contribution is 9.10. The van der Waals surface area contributed by atoms with Gasteiger partial charge in [0.1, 0.15) is 6.04 Å². The average Bonchev–Trinajstić information content (AvgIpc) is 2.21. The number of carbonyl (C=O) groups excluding carboxylic acids is 1. The zero-order valence-electron chi connectivity index (χ0n) is 10.3. The molecule has 0 fully saturated rings. The van der Waals surface area contributed by atoms with Crippen molar-refractivity contribution in [2.75, 3.05) is 11.1 Å². The summed E-state index contributed by atoms with van der Waals surface area (Å²) < 4.78 is 0.849. The Morgan fingerprint density at radius 3 is 2.53 bits per heavy atom. The van der Waals surface area contributed by atoms with Crippen molar-refractivity contribution in [2.24, 2.45) is 0 Å². The molecule has 4 N–H and O–H groups in total. The lowest BCUT2D eigenvalue weighted by atomic mass is 10.2. The monoisotopic (exact) mass is 299 g/mol. The number of anilines is 2. The fraction of sp³-hybridized carbons (Fsp3) is 0.417. The van der Waals surface area contributed by atoms with Gasteiger partial charge in [-0.1, -0.05) is 0 Å². The van der Waals surface area contributed by atoms with Crippen molar-refractivity contribution in [3.05, 3.63) is 22.7 Å². The molecular weight excluding hydrogens is 282 g/mol. The van der Waals surface area contributed by atoms with Gasteiger partial charge in [0.05, 0.1) is 0 Å². The van der Waals surface area contributed by atoms with Crippen LogP contribution in [0, 0.1) is 0 Å². The second kappa shape index (κ2) is 5.91. The highest BCUT2D eigenvalue weighted by Crippen LogP contribution is 2.25. The number of carbonyl (C=O) groups is 1. The van der Waals surface area contributed by atoms with E-state index in [0.29, 0.717) is 5.69 Å². The molecule has 0 radical (unpaired) electrons. The van der Waals surface area contributed by atoms with Crippen molar-refractivity contribution < 1.29 is 4.79 Å². The van der Waals surface area contributed by atoms with Crippen LogP contribution in [0.2, 0.25) is 0 Å². The third-order valence-electron chi connectivity index (χ3n) is 2.19. The molecule has 4 nitrogen and oxygen atoms in total. The van der Waals surface area contributed by atoms with E-state index >= 15 is 0 Å². The first-order valence-corrected chi connectivity index (χ1v) is 6.31. The number of amides is 1. The number of nitrogens with two attached hydrogens (primary N) is 1. The molecule has 0 aliphatic carbocycles. The van der Waals surface area contributed by atoms with Gasteiger partial charge in [-0.05, 0) is 54.9 Å². The van der Waals surface area contributed by atoms with Gasteiger partial charge in [-0.3, -0.25) is 4.79 Å². The van der Waals surface area contributed by atoms with Crippen LogP contribution in [0.3, 0.4) is 0 Å². The fourth-order valence-corrected chi connectivity index (χ4v) is 1.87. The summed E-state index contributed by atoms with van der Waals surface area (Å²) in [5.41, 5.74) is 7.18. The molecule has 0 bridgehead atoms. The lowest BCUT2D eigenvalue weighted by Gasteiger charge is -2.18. The largest absolute Gasteiger partial charge is 0.399 e. The van der Waals surface area contributed by atoms with Gasteiger partial charge < -0.3 is 16.4 Å². The van der Waals surface area contributed by atoms with E-state index in [1.165, 1.54) is 0 Å². The molecule has 1 aromatic carbocycles. The van der Waals surface area contributed by atoms with Gasteiger partial charge >= 0.3 is 0 Å². The first kappa shape index (κ1) is 13.8. The van der Waals surface area contributed by atoms with Gasteiger partial charge in [-0.25, -0.2) is 0 Å². The zero-order chi connectivity index (χ0) is 13.0. The number of halogens is 1. The van der Waals surface area contributed by atoms with Gasteiger partial charge in [0.2, 0.25) is 5.91 Å². The fourth-order valence-electron chi connectivity index (χ4n) is 1.36. The van der Waals surface area contributed by atoms with E-state index in [-0.39, 0.29) is 18.0 Å². The van der Waals surface area contributed by atoms with Gasteiger partial charge in [0.25, 0.3) is 0 Å². The number of hydrogen-bond acceptors (Lipinski definition) is 3. The van der Waals surface area contributed by atoms with Crippen LogP contribution >= 0.6 is 15.9 Å². The Morgan fingerprint density at radius 2 is 2.00 bits per heavy atom. The Labute approximate surface area is 110 Å². The molecule has 0 aromatic heterocycles. The minimum Gasteiger partial charge on any atom is -0.399 e. The Kier molecular flexibility index (Phi) is 4.81. The number of rotatable bonds is 4. The van der Waals surface area contributed by atoms with Crippen molar-refractivity contribution in [1.82, 2.24) is 5.32 Å². The first-order valence-electron chi connectivity index (χ1n) is 5.52. The van der Waals surface area contributed by atoms with Crippen LogP contribution in [-0.4, -0.2) is 18.0 Å². The van der Waals surface area contributed by atoms with Crippen LogP contribution in [0.5, 0.6) is 0 Å². The molecule has 0 saturated heterocycles. The number of nitrogen functional groups attached to an aromatic ring is 1. The molecule has 0 spiro atoms. The summed E-state index contributed by atoms with van der Waals surface area (Å²) in [5, 5.41) is 5.98. The molecule has 1 atom stereocenters. The number of benzene rings is 1. The second-order valence-corrected chi connectivity index (χ2v) is 5.12. The molecular formula is C12H18BrN3O. The molecule has 5 heteroatoms. The van der Waals surface area contributed by atoms with Crippen molar-refractivity contribution in [3.63, 3.8) is 0 Å². The van der Waals surface area contributed by atoms with Gasteiger partial charge in [-0.15, -0.1) is 0 Å². The molecule has 1 unspecified atom stereocenters. The smallest absolute Gasteiger partial charge is 0.242 e. The topological polar surface area (TPSA) is 67.2 Å². The Bertz CT molecular complexity index is 407. The van der Waals surface area contributed by atoms with Gasteiger partial charge in [0.15, 0.2) is 0 Å². The minimum atomic E-state index is -0.294. The van der Waals surface area contributed by atoms with E-state index in [4.69, 9.17) is 5.73 Å². The van der Waals surface area contributed by atoms with Crippen molar-refractivity contribution in [1.29, 1.82) is 0 Å². The molecule has 0 aliphatic heterocycles. The zero-order valence-corrected chi connectivity index (χ0v) is 11.8. The van der Waals surface area contributed by atoms with Crippen molar-refractivity contribution in [2.45, 2.75) is 32.9 Å². The molecule has 1 aromatic rings. The summed E-state index contributed by atoms with van der Waals surface area (Å²) in [4.78, 5) is 11.7. The third-order valence-corrected chi connectivity index (χ3v) is 2.85. The van der Waals surface area contributed by atoms with Gasteiger partial charge in [-0.2, -0.15) is 0 Å². The maximum atomic E-state index is 11.7. The highest BCUT2D eigenvalue weighted by atomic mass is 79.9. The molecule has 0 aliphatic rings. The summed E-state index contributed by atoms with van der Waals surface area (Å²) in [6.07, 6.45) is 0. The predicted molar refractivity (Wildman–Crippen MR) is 74.9 cm³/mol. The number of nitrogens with one attached hydrogen (secondary N) is 2. The third kappa shape index (κ3) is 4.26. The molecule has 0 heterocycles. The Morgan fingerprint density at radius 1 is 1.35 bits per heavy atom. The van der Waals surface area contributed by atoms with Crippen LogP contribution in [0.15, 0.2) is 22.7 Å². The number of hydrogen-bond donors (Lipinski definition) is 3. The SMILES string of the molecule is CC(C)NC(=O)C(C)Nc1ccc(N)cc1Br. The van der Waals surface area contributed by atoms with Crippen LogP contribution in [0.1, 0.15) is 20.8 Å². The van der Waals surface area contributed by atoms with E-state index in [9.17, 15) is 4.79 Å². The van der Waals surface area contributed by atoms with Crippen LogP contribution in [-0.2, 0) is 4.79 Å². The average molecular weight is 300 g/mol. The van der Waals surface area contributed by atoms with E-state index < -0.39 is 0 Å². The van der Waals surface area contributed by atoms with Crippen LogP contribution < -0.4 is 16.4 Å². The molecule has 94 valence electrons. The summed E-state index contributed by atoms with van der Waals surface area (Å²) >= 11 is 3.40. The molecule has 17 heavy (non-hydrogen) atoms. The van der Waals surface area contributed by atoms with Gasteiger partial charge in [0, 0.05) is 21.9 Å².